The molecular formula is C34H26Cl5N3O3. The summed E-state index contributed by atoms with van der Waals surface area (Å²) in [7, 11) is 0. The van der Waals surface area contributed by atoms with Crippen LogP contribution in [0.4, 0.5) is 5.69 Å². The summed E-state index contributed by atoms with van der Waals surface area (Å²) in [5.41, 5.74) is 2.19. The summed E-state index contributed by atoms with van der Waals surface area (Å²) in [5.74, 6) is -1.31. The largest absolute Gasteiger partial charge is 0.333 e. The lowest BCUT2D eigenvalue weighted by Crippen LogP contribution is -2.56. The zero-order chi connectivity index (χ0) is 31.6. The molecule has 3 aromatic rings. The molecule has 4 heterocycles. The predicted octanol–water partition coefficient (Wildman–Crippen LogP) is 8.16. The maximum Gasteiger partial charge on any atom is 0.250 e. The first-order valence-corrected chi connectivity index (χ1v) is 16.5. The van der Waals surface area contributed by atoms with Gasteiger partial charge in [-0.05, 0) is 85.5 Å². The maximum atomic E-state index is 14.8. The van der Waals surface area contributed by atoms with E-state index in [1.54, 1.807) is 65.6 Å². The van der Waals surface area contributed by atoms with Crippen molar-refractivity contribution in [2.24, 2.45) is 5.92 Å². The van der Waals surface area contributed by atoms with E-state index in [4.69, 9.17) is 58.0 Å². The smallest absolute Gasteiger partial charge is 0.250 e. The summed E-state index contributed by atoms with van der Waals surface area (Å²) >= 11 is 31.5. The van der Waals surface area contributed by atoms with Crippen LogP contribution in [0, 0.1) is 5.92 Å². The topological polar surface area (TPSA) is 69.7 Å². The van der Waals surface area contributed by atoms with Crippen LogP contribution in [0.1, 0.15) is 36.0 Å². The number of anilines is 1. The highest BCUT2D eigenvalue weighted by molar-refractivity contribution is 6.36. The van der Waals surface area contributed by atoms with Crippen molar-refractivity contribution < 1.29 is 14.4 Å². The number of halogens is 5. The lowest BCUT2D eigenvalue weighted by atomic mass is 9.77. The monoisotopic (exact) mass is 699 g/mol. The fraction of sp³-hybridized carbons (Fsp3) is 0.265. The molecule has 6 nitrogen and oxygen atoms in total. The molecule has 4 aliphatic heterocycles. The Morgan fingerprint density at radius 3 is 2.00 bits per heavy atom. The van der Waals surface area contributed by atoms with Crippen LogP contribution >= 0.6 is 58.0 Å². The van der Waals surface area contributed by atoms with Crippen LogP contribution in [0.25, 0.3) is 12.2 Å². The predicted molar refractivity (Wildman–Crippen MR) is 180 cm³/mol. The van der Waals surface area contributed by atoms with Gasteiger partial charge in [-0.2, -0.15) is 0 Å². The Balaban J connectivity index is 1.32. The van der Waals surface area contributed by atoms with Crippen LogP contribution in [0.2, 0.25) is 25.1 Å². The lowest BCUT2D eigenvalue weighted by Gasteiger charge is -2.39. The molecule has 0 unspecified atom stereocenters. The Labute approximate surface area is 285 Å². The summed E-state index contributed by atoms with van der Waals surface area (Å²) in [6, 6.07) is 15.5. The van der Waals surface area contributed by atoms with Gasteiger partial charge in [0.2, 0.25) is 11.8 Å². The number of hydrogen-bond donors (Lipinski definition) is 1. The Kier molecular flexibility index (Phi) is 8.04. The molecule has 7 rings (SSSR count). The molecule has 0 aliphatic carbocycles. The second-order valence-corrected chi connectivity index (χ2v) is 14.0. The third-order valence-electron chi connectivity index (χ3n) is 9.33. The quantitative estimate of drug-likeness (QED) is 0.280. The van der Waals surface area contributed by atoms with Gasteiger partial charge < -0.3 is 10.2 Å². The number of likely N-dealkylation sites (tertiary alicyclic amines) is 1. The van der Waals surface area contributed by atoms with Gasteiger partial charge in [-0.25, -0.2) is 0 Å². The number of nitrogens with zero attached hydrogens (tertiary/aromatic N) is 2. The third kappa shape index (κ3) is 5.20. The highest BCUT2D eigenvalue weighted by Gasteiger charge is 2.66. The van der Waals surface area contributed by atoms with Gasteiger partial charge >= 0.3 is 0 Å². The number of amides is 2. The van der Waals surface area contributed by atoms with E-state index < -0.39 is 11.5 Å². The number of Topliss-reactive ketones (excluding diaryl/α,β-unsaturated/α-hetero) is 1. The molecule has 3 atom stereocenters. The number of piperidine rings is 1. The van der Waals surface area contributed by atoms with Gasteiger partial charge in [0.25, 0.3) is 0 Å². The van der Waals surface area contributed by atoms with Crippen molar-refractivity contribution in [3.8, 4) is 0 Å². The van der Waals surface area contributed by atoms with Crippen LogP contribution in [0.5, 0.6) is 0 Å². The second-order valence-electron chi connectivity index (χ2n) is 11.9. The first-order valence-electron chi connectivity index (χ1n) is 14.6. The molecular weight excluding hydrogens is 676 g/mol. The number of fused-ring (bicyclic) bond motifs is 4. The van der Waals surface area contributed by atoms with Crippen LogP contribution in [-0.2, 0) is 19.9 Å². The molecule has 1 N–H and O–H groups in total. The minimum Gasteiger partial charge on any atom is -0.333 e. The van der Waals surface area contributed by atoms with E-state index in [0.717, 1.165) is 18.4 Å². The zero-order valence-corrected chi connectivity index (χ0v) is 27.5. The number of carbonyl (C=O) groups excluding carboxylic acids is 3. The number of benzene rings is 3. The van der Waals surface area contributed by atoms with Crippen LogP contribution in [0.15, 0.2) is 65.7 Å². The number of hydrogen-bond acceptors (Lipinski definition) is 4. The minimum atomic E-state index is -1.16. The number of ketones is 1. The summed E-state index contributed by atoms with van der Waals surface area (Å²) in [6.07, 6.45) is 5.77. The van der Waals surface area contributed by atoms with Crippen molar-refractivity contribution in [1.82, 2.24) is 9.80 Å². The lowest BCUT2D eigenvalue weighted by molar-refractivity contribution is -0.144. The molecule has 1 spiro atoms. The maximum absolute atomic E-state index is 14.8. The van der Waals surface area contributed by atoms with Gasteiger partial charge in [-0.3, -0.25) is 19.3 Å². The second kappa shape index (κ2) is 11.8. The Hall–Kier alpha value is -2.84. The van der Waals surface area contributed by atoms with E-state index in [9.17, 15) is 14.4 Å². The molecule has 0 aromatic heterocycles. The Bertz CT molecular complexity index is 1780. The molecule has 4 aliphatic rings. The first kappa shape index (κ1) is 30.8. The molecule has 3 saturated heterocycles. The van der Waals surface area contributed by atoms with E-state index in [2.05, 4.69) is 10.2 Å². The van der Waals surface area contributed by atoms with E-state index >= 15 is 0 Å². The fourth-order valence-electron chi connectivity index (χ4n) is 7.42. The van der Waals surface area contributed by atoms with Crippen molar-refractivity contribution in [1.29, 1.82) is 0 Å². The van der Waals surface area contributed by atoms with E-state index in [-0.39, 0.29) is 36.7 Å². The van der Waals surface area contributed by atoms with Gasteiger partial charge in [0.1, 0.15) is 5.54 Å². The highest BCUT2D eigenvalue weighted by Crippen LogP contribution is 2.56. The van der Waals surface area contributed by atoms with E-state index in [0.29, 0.717) is 66.0 Å². The van der Waals surface area contributed by atoms with Crippen molar-refractivity contribution in [3.05, 3.63) is 108 Å². The van der Waals surface area contributed by atoms with Gasteiger partial charge in [0.05, 0.1) is 5.92 Å². The van der Waals surface area contributed by atoms with Gasteiger partial charge in [0, 0.05) is 66.6 Å². The average molecular weight is 702 g/mol. The normalized spacial score (nSPS) is 26.2. The van der Waals surface area contributed by atoms with Gasteiger partial charge in [-0.1, -0.05) is 76.2 Å². The zero-order valence-electron chi connectivity index (χ0n) is 23.8. The molecule has 3 fully saturated rings. The summed E-state index contributed by atoms with van der Waals surface area (Å²) < 4.78 is 0. The molecule has 0 saturated carbocycles. The Morgan fingerprint density at radius 1 is 0.822 bits per heavy atom. The molecule has 11 heteroatoms. The molecule has 45 heavy (non-hydrogen) atoms. The number of nitrogens with one attached hydrogen (secondary N) is 1. The van der Waals surface area contributed by atoms with Crippen LogP contribution < -0.4 is 5.32 Å². The van der Waals surface area contributed by atoms with E-state index in [1.807, 2.05) is 6.07 Å². The molecule has 0 radical (unpaired) electrons. The van der Waals surface area contributed by atoms with Gasteiger partial charge in [-0.15, -0.1) is 0 Å². The SMILES string of the molecule is O=C1/C(=C/c2ccc(Cl)cc2Cl)CN(C(=O)[C@H]2C[C@H]3CCCN3[C@]23C(=O)Nc2cc(Cl)ccc23)C/C1=C\c1ccc(Cl)cc1Cl. The fourth-order valence-corrected chi connectivity index (χ4v) is 8.52. The molecule has 230 valence electrons. The van der Waals surface area contributed by atoms with Crippen molar-refractivity contribution in [2.45, 2.75) is 30.8 Å². The minimum absolute atomic E-state index is 0.0503. The first-order chi connectivity index (χ1) is 21.6. The highest BCUT2D eigenvalue weighted by atomic mass is 35.5. The molecule has 0 bridgehead atoms. The number of carbonyl (C=O) groups is 3. The standard InChI is InChI=1S/C34H26Cl5N3O3/c35-22-5-3-18(28(38)12-22)10-20-16-41(17-21(31(20)43)11-19-4-6-23(36)13-29(19)39)32(44)27-15-25-2-1-9-42(25)34(27)26-8-7-24(37)14-30(26)40-33(34)45/h3-8,10-14,25,27H,1-2,9,15-17H2,(H,40,45)/b20-10+,21-11+/t25-,27-,34+/m1/s1. The summed E-state index contributed by atoms with van der Waals surface area (Å²) in [5, 5.41) is 5.22. The summed E-state index contributed by atoms with van der Waals surface area (Å²) in [6.45, 7) is 0.812. The van der Waals surface area contributed by atoms with Crippen LogP contribution in [-0.4, -0.2) is 53.1 Å². The van der Waals surface area contributed by atoms with Crippen molar-refractivity contribution in [2.75, 3.05) is 25.0 Å². The third-order valence-corrected chi connectivity index (χ3v) is 10.7. The van der Waals surface area contributed by atoms with Crippen molar-refractivity contribution >= 4 is 93.4 Å². The number of rotatable bonds is 3. The van der Waals surface area contributed by atoms with Gasteiger partial charge in [0.15, 0.2) is 5.78 Å². The van der Waals surface area contributed by atoms with Crippen molar-refractivity contribution in [3.63, 3.8) is 0 Å². The average Bonchev–Trinajstić information content (AvgIpc) is 3.66. The molecule has 2 amide bonds. The van der Waals surface area contributed by atoms with E-state index in [1.165, 1.54) is 0 Å². The summed E-state index contributed by atoms with van der Waals surface area (Å²) in [4.78, 5) is 46.6. The Morgan fingerprint density at radius 2 is 1.40 bits per heavy atom. The van der Waals surface area contributed by atoms with Crippen LogP contribution in [0.3, 0.4) is 0 Å². The molecule has 3 aromatic carbocycles.